The van der Waals surface area contributed by atoms with Crippen LogP contribution in [0.4, 0.5) is 5.69 Å². The van der Waals surface area contributed by atoms with E-state index in [0.29, 0.717) is 18.0 Å². The second-order valence-corrected chi connectivity index (χ2v) is 5.09. The van der Waals surface area contributed by atoms with Crippen molar-refractivity contribution in [3.05, 3.63) is 40.4 Å². The average molecular weight is 303 g/mol. The molecule has 7 heteroatoms. The molecule has 0 bridgehead atoms. The van der Waals surface area contributed by atoms with Crippen molar-refractivity contribution in [1.29, 1.82) is 0 Å². The van der Waals surface area contributed by atoms with Crippen molar-refractivity contribution in [2.24, 2.45) is 0 Å². The fourth-order valence-electron chi connectivity index (χ4n) is 2.39. The quantitative estimate of drug-likeness (QED) is 0.619. The Balaban J connectivity index is 1.62. The summed E-state index contributed by atoms with van der Waals surface area (Å²) in [6.45, 7) is 4.80. The monoisotopic (exact) mass is 303 g/mol. The van der Waals surface area contributed by atoms with E-state index in [4.69, 9.17) is 9.47 Å². The molecule has 0 atom stereocenters. The number of nitrogens with zero attached hydrogens (tertiary/aromatic N) is 3. The van der Waals surface area contributed by atoms with Crippen LogP contribution < -0.4 is 4.74 Å². The van der Waals surface area contributed by atoms with Crippen molar-refractivity contribution >= 4 is 16.6 Å². The summed E-state index contributed by atoms with van der Waals surface area (Å²) in [6, 6.07) is 8.14. The molecule has 7 nitrogen and oxygen atoms in total. The number of hydrogen-bond acceptors (Lipinski definition) is 6. The predicted molar refractivity (Wildman–Crippen MR) is 81.2 cm³/mol. The molecule has 0 amide bonds. The molecule has 22 heavy (non-hydrogen) atoms. The molecular weight excluding hydrogens is 286 g/mol. The van der Waals surface area contributed by atoms with E-state index < -0.39 is 4.92 Å². The van der Waals surface area contributed by atoms with E-state index in [2.05, 4.69) is 9.88 Å². The van der Waals surface area contributed by atoms with Crippen LogP contribution >= 0.6 is 0 Å². The Bertz CT molecular complexity index is 671. The zero-order valence-electron chi connectivity index (χ0n) is 12.1. The molecule has 0 unspecified atom stereocenters. The van der Waals surface area contributed by atoms with Gasteiger partial charge in [0.1, 0.15) is 6.61 Å². The number of morpholine rings is 1. The first kappa shape index (κ1) is 14.7. The number of fused-ring (bicyclic) bond motifs is 1. The molecule has 0 radical (unpaired) electrons. The molecular formula is C15H17N3O4. The Morgan fingerprint density at radius 1 is 1.27 bits per heavy atom. The standard InChI is InChI=1S/C15H17N3O4/c19-18(20)13-2-3-14-12(11-13)1-4-15(16-14)22-10-7-17-5-8-21-9-6-17/h1-4,11H,5-10H2. The second-order valence-electron chi connectivity index (χ2n) is 5.09. The normalized spacial score (nSPS) is 15.8. The zero-order valence-corrected chi connectivity index (χ0v) is 12.1. The van der Waals surface area contributed by atoms with Gasteiger partial charge in [-0.05, 0) is 12.1 Å². The number of hydrogen-bond donors (Lipinski definition) is 0. The fraction of sp³-hybridized carbons (Fsp3) is 0.400. The van der Waals surface area contributed by atoms with Crippen molar-refractivity contribution in [3.8, 4) is 5.88 Å². The minimum Gasteiger partial charge on any atom is -0.476 e. The van der Waals surface area contributed by atoms with Crippen molar-refractivity contribution in [1.82, 2.24) is 9.88 Å². The number of non-ortho nitro benzene ring substituents is 1. The number of aromatic nitrogens is 1. The lowest BCUT2D eigenvalue weighted by Crippen LogP contribution is -2.38. The molecule has 2 aromatic rings. The summed E-state index contributed by atoms with van der Waals surface area (Å²) in [5, 5.41) is 11.5. The molecule has 116 valence electrons. The van der Waals surface area contributed by atoms with Gasteiger partial charge in [0, 0.05) is 43.2 Å². The SMILES string of the molecule is O=[N+]([O-])c1ccc2nc(OCCN3CCOCC3)ccc2c1. The number of nitro groups is 1. The van der Waals surface area contributed by atoms with Crippen LogP contribution in [-0.4, -0.2) is 54.3 Å². The van der Waals surface area contributed by atoms with Crippen LogP contribution in [-0.2, 0) is 4.74 Å². The zero-order chi connectivity index (χ0) is 15.4. The smallest absolute Gasteiger partial charge is 0.270 e. The number of pyridine rings is 1. The third-order valence-electron chi connectivity index (χ3n) is 3.62. The summed E-state index contributed by atoms with van der Waals surface area (Å²) in [5.74, 6) is 0.537. The summed E-state index contributed by atoms with van der Waals surface area (Å²) >= 11 is 0. The maximum absolute atomic E-state index is 10.8. The van der Waals surface area contributed by atoms with Gasteiger partial charge < -0.3 is 9.47 Å². The summed E-state index contributed by atoms with van der Waals surface area (Å²) < 4.78 is 11.0. The number of ether oxygens (including phenoxy) is 2. The highest BCUT2D eigenvalue weighted by Gasteiger charge is 2.10. The second kappa shape index (κ2) is 6.67. The van der Waals surface area contributed by atoms with Crippen LogP contribution in [0.5, 0.6) is 5.88 Å². The molecule has 0 N–H and O–H groups in total. The lowest BCUT2D eigenvalue weighted by Gasteiger charge is -2.26. The molecule has 1 aromatic heterocycles. The maximum atomic E-state index is 10.8. The highest BCUT2D eigenvalue weighted by Crippen LogP contribution is 2.21. The number of nitro benzene ring substituents is 1. The molecule has 1 aliphatic rings. The van der Waals surface area contributed by atoms with Gasteiger partial charge in [-0.15, -0.1) is 0 Å². The Kier molecular flexibility index (Phi) is 4.45. The van der Waals surface area contributed by atoms with Gasteiger partial charge in [0.25, 0.3) is 5.69 Å². The Morgan fingerprint density at radius 3 is 2.86 bits per heavy atom. The van der Waals surface area contributed by atoms with Gasteiger partial charge in [0.15, 0.2) is 0 Å². The van der Waals surface area contributed by atoms with Crippen LogP contribution in [0.2, 0.25) is 0 Å². The molecule has 0 aliphatic carbocycles. The van der Waals surface area contributed by atoms with Gasteiger partial charge in [-0.2, -0.15) is 0 Å². The Morgan fingerprint density at radius 2 is 2.09 bits per heavy atom. The third-order valence-corrected chi connectivity index (χ3v) is 3.62. The molecule has 3 rings (SSSR count). The minimum absolute atomic E-state index is 0.0651. The van der Waals surface area contributed by atoms with Crippen LogP contribution in [0.15, 0.2) is 30.3 Å². The van der Waals surface area contributed by atoms with Gasteiger partial charge in [-0.25, -0.2) is 4.98 Å². The van der Waals surface area contributed by atoms with Gasteiger partial charge in [0.2, 0.25) is 5.88 Å². The van der Waals surface area contributed by atoms with E-state index in [1.807, 2.05) is 0 Å². The first-order valence-corrected chi connectivity index (χ1v) is 7.20. The molecule has 1 aromatic carbocycles. The van der Waals surface area contributed by atoms with Crippen molar-refractivity contribution in [2.75, 3.05) is 39.5 Å². The van der Waals surface area contributed by atoms with E-state index in [9.17, 15) is 10.1 Å². The molecule has 2 heterocycles. The van der Waals surface area contributed by atoms with E-state index in [1.54, 1.807) is 18.2 Å². The third kappa shape index (κ3) is 3.49. The van der Waals surface area contributed by atoms with E-state index in [1.165, 1.54) is 12.1 Å². The number of rotatable bonds is 5. The van der Waals surface area contributed by atoms with Gasteiger partial charge in [0.05, 0.1) is 23.7 Å². The highest BCUT2D eigenvalue weighted by atomic mass is 16.6. The average Bonchev–Trinajstić information content (AvgIpc) is 2.55. The molecule has 0 saturated carbocycles. The highest BCUT2D eigenvalue weighted by molar-refractivity contribution is 5.81. The molecule has 1 aliphatic heterocycles. The van der Waals surface area contributed by atoms with E-state index in [0.717, 1.165) is 38.2 Å². The first-order valence-electron chi connectivity index (χ1n) is 7.20. The lowest BCUT2D eigenvalue weighted by atomic mass is 10.2. The summed E-state index contributed by atoms with van der Waals surface area (Å²) in [7, 11) is 0. The first-order chi connectivity index (χ1) is 10.7. The van der Waals surface area contributed by atoms with Crippen LogP contribution in [0, 0.1) is 10.1 Å². The largest absolute Gasteiger partial charge is 0.476 e. The Labute approximate surface area is 127 Å². The summed E-state index contributed by atoms with van der Waals surface area (Å²) in [5.41, 5.74) is 0.754. The van der Waals surface area contributed by atoms with Gasteiger partial charge in [-0.3, -0.25) is 15.0 Å². The number of benzene rings is 1. The summed E-state index contributed by atoms with van der Waals surface area (Å²) in [4.78, 5) is 17.0. The van der Waals surface area contributed by atoms with E-state index >= 15 is 0 Å². The van der Waals surface area contributed by atoms with Crippen molar-refractivity contribution in [2.45, 2.75) is 0 Å². The van der Waals surface area contributed by atoms with Crippen molar-refractivity contribution in [3.63, 3.8) is 0 Å². The predicted octanol–water partition coefficient (Wildman–Crippen LogP) is 1.85. The molecule has 1 saturated heterocycles. The summed E-state index contributed by atoms with van der Waals surface area (Å²) in [6.07, 6.45) is 0. The fourth-order valence-corrected chi connectivity index (χ4v) is 2.39. The van der Waals surface area contributed by atoms with Crippen LogP contribution in [0.1, 0.15) is 0 Å². The molecule has 1 fully saturated rings. The maximum Gasteiger partial charge on any atom is 0.270 e. The van der Waals surface area contributed by atoms with Crippen molar-refractivity contribution < 1.29 is 14.4 Å². The van der Waals surface area contributed by atoms with Crippen LogP contribution in [0.25, 0.3) is 10.9 Å². The Hall–Kier alpha value is -2.25. The molecule has 0 spiro atoms. The topological polar surface area (TPSA) is 77.7 Å². The minimum atomic E-state index is -0.411. The lowest BCUT2D eigenvalue weighted by molar-refractivity contribution is -0.384. The van der Waals surface area contributed by atoms with Gasteiger partial charge in [-0.1, -0.05) is 0 Å². The van der Waals surface area contributed by atoms with Gasteiger partial charge >= 0.3 is 0 Å². The van der Waals surface area contributed by atoms with E-state index in [-0.39, 0.29) is 5.69 Å². The van der Waals surface area contributed by atoms with Crippen LogP contribution in [0.3, 0.4) is 0 Å².